The lowest BCUT2D eigenvalue weighted by Gasteiger charge is -2.11. The summed E-state index contributed by atoms with van der Waals surface area (Å²) in [6.45, 7) is 2.11. The van der Waals surface area contributed by atoms with Gasteiger partial charge in [0, 0.05) is 24.8 Å². The zero-order valence-corrected chi connectivity index (χ0v) is 9.78. The Morgan fingerprint density at radius 3 is 2.82 bits per heavy atom. The van der Waals surface area contributed by atoms with E-state index in [-0.39, 0.29) is 12.5 Å². The molecule has 90 valence electrons. The van der Waals surface area contributed by atoms with Crippen molar-refractivity contribution < 1.29 is 4.79 Å². The van der Waals surface area contributed by atoms with Crippen molar-refractivity contribution in [3.05, 3.63) is 29.3 Å². The first-order chi connectivity index (χ1) is 8.26. The van der Waals surface area contributed by atoms with Crippen molar-refractivity contribution in [2.24, 2.45) is 5.73 Å². The van der Waals surface area contributed by atoms with E-state index in [1.807, 2.05) is 6.07 Å². The molecule has 1 heterocycles. The first-order valence-corrected chi connectivity index (χ1v) is 6.12. The molecule has 4 heteroatoms. The molecule has 2 aliphatic rings. The highest BCUT2D eigenvalue weighted by Gasteiger charge is 2.32. The summed E-state index contributed by atoms with van der Waals surface area (Å²) in [6, 6.07) is 6.95. The molecule has 17 heavy (non-hydrogen) atoms. The minimum atomic E-state index is -0.137. The van der Waals surface area contributed by atoms with Gasteiger partial charge >= 0.3 is 0 Å². The number of benzene rings is 1. The van der Waals surface area contributed by atoms with Crippen molar-refractivity contribution in [2.45, 2.75) is 32.0 Å². The van der Waals surface area contributed by atoms with Gasteiger partial charge in [-0.3, -0.25) is 9.69 Å². The van der Waals surface area contributed by atoms with Gasteiger partial charge in [0.25, 0.3) is 0 Å². The molecule has 4 nitrogen and oxygen atoms in total. The molecule has 1 saturated carbocycles. The Labute approximate surface area is 101 Å². The Bertz CT molecular complexity index is 454. The molecule has 1 aromatic rings. The Morgan fingerprint density at radius 1 is 1.35 bits per heavy atom. The maximum Gasteiger partial charge on any atom is 0.238 e. The summed E-state index contributed by atoms with van der Waals surface area (Å²) >= 11 is 0. The molecule has 1 aliphatic carbocycles. The normalized spacial score (nSPS) is 19.1. The summed E-state index contributed by atoms with van der Waals surface area (Å²) in [5.74, 6) is -0.137. The number of rotatable bonds is 3. The quantitative estimate of drug-likeness (QED) is 0.818. The van der Waals surface area contributed by atoms with Gasteiger partial charge in [0.1, 0.15) is 0 Å². The second-order valence-corrected chi connectivity index (χ2v) is 4.87. The highest BCUT2D eigenvalue weighted by molar-refractivity contribution is 5.92. The molecule has 0 spiro atoms. The summed E-state index contributed by atoms with van der Waals surface area (Å²) in [6.07, 6.45) is 2.68. The van der Waals surface area contributed by atoms with Crippen LogP contribution in [0.15, 0.2) is 18.2 Å². The van der Waals surface area contributed by atoms with Crippen molar-refractivity contribution in [2.75, 3.05) is 11.9 Å². The maximum absolute atomic E-state index is 11.2. The molecule has 3 N–H and O–H groups in total. The highest BCUT2D eigenvalue weighted by atomic mass is 16.1. The molecule has 0 atom stereocenters. The predicted octanol–water partition coefficient (Wildman–Crippen LogP) is 1.06. The SMILES string of the molecule is NCC(=O)Nc1ccc2c(c1)CN(C1CC1)C2. The summed E-state index contributed by atoms with van der Waals surface area (Å²) in [4.78, 5) is 13.7. The molecule has 1 aliphatic heterocycles. The van der Waals surface area contributed by atoms with E-state index in [4.69, 9.17) is 5.73 Å². The number of carbonyl (C=O) groups excluding carboxylic acids is 1. The first-order valence-electron chi connectivity index (χ1n) is 6.12. The zero-order valence-electron chi connectivity index (χ0n) is 9.78. The lowest BCUT2D eigenvalue weighted by molar-refractivity contribution is -0.114. The largest absolute Gasteiger partial charge is 0.325 e. The molecular weight excluding hydrogens is 214 g/mol. The van der Waals surface area contributed by atoms with E-state index in [0.29, 0.717) is 0 Å². The molecule has 0 radical (unpaired) electrons. The van der Waals surface area contributed by atoms with Crippen molar-refractivity contribution in [3.63, 3.8) is 0 Å². The van der Waals surface area contributed by atoms with Crippen LogP contribution in [0.25, 0.3) is 0 Å². The van der Waals surface area contributed by atoms with Gasteiger partial charge in [-0.05, 0) is 36.1 Å². The van der Waals surface area contributed by atoms with E-state index >= 15 is 0 Å². The number of hydrogen-bond acceptors (Lipinski definition) is 3. The Balaban J connectivity index is 1.74. The van der Waals surface area contributed by atoms with Crippen LogP contribution in [0, 0.1) is 0 Å². The van der Waals surface area contributed by atoms with Gasteiger partial charge in [-0.25, -0.2) is 0 Å². The van der Waals surface area contributed by atoms with Crippen LogP contribution in [0.5, 0.6) is 0 Å². The van der Waals surface area contributed by atoms with E-state index in [9.17, 15) is 4.79 Å². The predicted molar refractivity (Wildman–Crippen MR) is 66.4 cm³/mol. The van der Waals surface area contributed by atoms with E-state index in [1.165, 1.54) is 24.0 Å². The Kier molecular flexibility index (Phi) is 2.61. The number of nitrogens with zero attached hydrogens (tertiary/aromatic N) is 1. The summed E-state index contributed by atoms with van der Waals surface area (Å²) < 4.78 is 0. The first kappa shape index (κ1) is 10.7. The summed E-state index contributed by atoms with van der Waals surface area (Å²) in [5.41, 5.74) is 8.87. The van der Waals surface area contributed by atoms with Crippen LogP contribution in [-0.2, 0) is 17.9 Å². The van der Waals surface area contributed by atoms with Crippen molar-refractivity contribution in [1.82, 2.24) is 4.90 Å². The van der Waals surface area contributed by atoms with Gasteiger partial charge < -0.3 is 11.1 Å². The van der Waals surface area contributed by atoms with Crippen LogP contribution < -0.4 is 11.1 Å². The molecule has 0 unspecified atom stereocenters. The average molecular weight is 231 g/mol. The van der Waals surface area contributed by atoms with Crippen molar-refractivity contribution in [3.8, 4) is 0 Å². The van der Waals surface area contributed by atoms with Crippen molar-refractivity contribution >= 4 is 11.6 Å². The van der Waals surface area contributed by atoms with E-state index in [1.54, 1.807) is 0 Å². The topological polar surface area (TPSA) is 58.4 Å². The van der Waals surface area contributed by atoms with Crippen LogP contribution in [0.2, 0.25) is 0 Å². The van der Waals surface area contributed by atoms with E-state index in [2.05, 4.69) is 22.3 Å². The third-order valence-corrected chi connectivity index (χ3v) is 3.49. The fourth-order valence-electron chi connectivity index (χ4n) is 2.41. The number of nitrogens with one attached hydrogen (secondary N) is 1. The van der Waals surface area contributed by atoms with Crippen LogP contribution in [0.1, 0.15) is 24.0 Å². The summed E-state index contributed by atoms with van der Waals surface area (Å²) in [7, 11) is 0. The lowest BCUT2D eigenvalue weighted by atomic mass is 10.1. The number of carbonyl (C=O) groups is 1. The minimum Gasteiger partial charge on any atom is -0.325 e. The second-order valence-electron chi connectivity index (χ2n) is 4.87. The third-order valence-electron chi connectivity index (χ3n) is 3.49. The molecule has 1 amide bonds. The number of fused-ring (bicyclic) bond motifs is 1. The lowest BCUT2D eigenvalue weighted by Crippen LogP contribution is -2.21. The van der Waals surface area contributed by atoms with Crippen LogP contribution in [-0.4, -0.2) is 23.4 Å². The fourth-order valence-corrected chi connectivity index (χ4v) is 2.41. The average Bonchev–Trinajstić information content (AvgIpc) is 3.09. The highest BCUT2D eigenvalue weighted by Crippen LogP contribution is 2.35. The summed E-state index contributed by atoms with van der Waals surface area (Å²) in [5, 5.41) is 2.80. The number of hydrogen-bond donors (Lipinski definition) is 2. The van der Waals surface area contributed by atoms with Crippen LogP contribution >= 0.6 is 0 Å². The van der Waals surface area contributed by atoms with E-state index in [0.717, 1.165) is 24.8 Å². The molecular formula is C13H17N3O. The number of amides is 1. The second kappa shape index (κ2) is 4.13. The van der Waals surface area contributed by atoms with Gasteiger partial charge in [-0.15, -0.1) is 0 Å². The van der Waals surface area contributed by atoms with E-state index < -0.39 is 0 Å². The van der Waals surface area contributed by atoms with Gasteiger partial charge in [-0.2, -0.15) is 0 Å². The number of nitrogens with two attached hydrogens (primary N) is 1. The fraction of sp³-hybridized carbons (Fsp3) is 0.462. The molecule has 1 fully saturated rings. The molecule has 0 saturated heterocycles. The maximum atomic E-state index is 11.2. The minimum absolute atomic E-state index is 0.0330. The molecule has 3 rings (SSSR count). The Hall–Kier alpha value is -1.39. The van der Waals surface area contributed by atoms with Crippen LogP contribution in [0.3, 0.4) is 0 Å². The number of anilines is 1. The van der Waals surface area contributed by atoms with Gasteiger partial charge in [0.15, 0.2) is 0 Å². The monoisotopic (exact) mass is 231 g/mol. The van der Waals surface area contributed by atoms with Gasteiger partial charge in [0.2, 0.25) is 5.91 Å². The zero-order chi connectivity index (χ0) is 11.8. The smallest absolute Gasteiger partial charge is 0.238 e. The molecule has 0 bridgehead atoms. The Morgan fingerprint density at radius 2 is 2.12 bits per heavy atom. The molecule has 1 aromatic carbocycles. The third kappa shape index (κ3) is 2.18. The van der Waals surface area contributed by atoms with Crippen molar-refractivity contribution in [1.29, 1.82) is 0 Å². The standard InChI is InChI=1S/C13H17N3O/c14-6-13(17)15-11-2-1-9-7-16(12-3-4-12)8-10(9)5-11/h1-2,5,12H,3-4,6-8,14H2,(H,15,17). The van der Waals surface area contributed by atoms with Gasteiger partial charge in [0.05, 0.1) is 6.54 Å². The molecule has 0 aromatic heterocycles. The van der Waals surface area contributed by atoms with Crippen LogP contribution in [0.4, 0.5) is 5.69 Å². The van der Waals surface area contributed by atoms with Gasteiger partial charge in [-0.1, -0.05) is 6.07 Å².